The lowest BCUT2D eigenvalue weighted by atomic mass is 10.2. The van der Waals surface area contributed by atoms with Gasteiger partial charge < -0.3 is 5.11 Å². The van der Waals surface area contributed by atoms with Crippen molar-refractivity contribution in [2.24, 2.45) is 0 Å². The standard InChI is InChI=1S/C8H12N4O2/c13-8(14)5-7-9-10-11-12(7)6-3-1-2-4-6/h6H,1-5H2,(H,13,14). The third-order valence-electron chi connectivity index (χ3n) is 2.54. The van der Waals surface area contributed by atoms with Gasteiger partial charge in [-0.05, 0) is 23.3 Å². The molecular formula is C8H12N4O2. The molecule has 0 spiro atoms. The number of rotatable bonds is 3. The van der Waals surface area contributed by atoms with Gasteiger partial charge in [-0.3, -0.25) is 4.79 Å². The molecule has 1 aromatic heterocycles. The monoisotopic (exact) mass is 196 g/mol. The molecule has 2 rings (SSSR count). The Morgan fingerprint density at radius 2 is 2.21 bits per heavy atom. The third kappa shape index (κ3) is 1.73. The van der Waals surface area contributed by atoms with Crippen molar-refractivity contribution in [2.75, 3.05) is 0 Å². The van der Waals surface area contributed by atoms with Gasteiger partial charge in [0.15, 0.2) is 5.82 Å². The lowest BCUT2D eigenvalue weighted by Crippen LogP contribution is -2.14. The quantitative estimate of drug-likeness (QED) is 0.757. The van der Waals surface area contributed by atoms with E-state index in [1.54, 1.807) is 4.68 Å². The van der Waals surface area contributed by atoms with Gasteiger partial charge in [0.2, 0.25) is 0 Å². The second-order valence-corrected chi connectivity index (χ2v) is 3.55. The number of hydrogen-bond acceptors (Lipinski definition) is 4. The number of hydrogen-bond donors (Lipinski definition) is 1. The minimum atomic E-state index is -0.890. The van der Waals surface area contributed by atoms with Gasteiger partial charge in [-0.1, -0.05) is 12.8 Å². The zero-order chi connectivity index (χ0) is 9.97. The average molecular weight is 196 g/mol. The molecule has 0 aliphatic heterocycles. The molecule has 1 heterocycles. The molecule has 14 heavy (non-hydrogen) atoms. The number of nitrogens with zero attached hydrogens (tertiary/aromatic N) is 4. The van der Waals surface area contributed by atoms with Crippen molar-refractivity contribution in [2.45, 2.75) is 38.1 Å². The highest BCUT2D eigenvalue weighted by Crippen LogP contribution is 2.29. The molecule has 1 N–H and O–H groups in total. The van der Waals surface area contributed by atoms with E-state index in [4.69, 9.17) is 5.11 Å². The predicted octanol–water partition coefficient (Wildman–Crippen LogP) is 0.415. The SMILES string of the molecule is O=C(O)Cc1nnnn1C1CCCC1. The number of aliphatic carboxylic acids is 1. The average Bonchev–Trinajstić information content (AvgIpc) is 2.70. The number of tetrazole rings is 1. The normalized spacial score (nSPS) is 17.4. The first-order valence-corrected chi connectivity index (χ1v) is 4.76. The molecule has 0 amide bonds. The van der Waals surface area contributed by atoms with E-state index in [9.17, 15) is 4.79 Å². The minimum Gasteiger partial charge on any atom is -0.481 e. The van der Waals surface area contributed by atoms with Crippen molar-refractivity contribution in [3.05, 3.63) is 5.82 Å². The van der Waals surface area contributed by atoms with Crippen LogP contribution in [0.25, 0.3) is 0 Å². The summed E-state index contributed by atoms with van der Waals surface area (Å²) in [6.07, 6.45) is 4.37. The summed E-state index contributed by atoms with van der Waals surface area (Å²) in [5.41, 5.74) is 0. The summed E-state index contributed by atoms with van der Waals surface area (Å²) in [4.78, 5) is 10.5. The lowest BCUT2D eigenvalue weighted by molar-refractivity contribution is -0.136. The Bertz CT molecular complexity index is 330. The van der Waals surface area contributed by atoms with Crippen molar-refractivity contribution >= 4 is 5.97 Å². The Kier molecular flexibility index (Phi) is 2.43. The molecule has 6 heteroatoms. The van der Waals surface area contributed by atoms with Crippen LogP contribution in [-0.2, 0) is 11.2 Å². The maximum Gasteiger partial charge on any atom is 0.311 e. The van der Waals surface area contributed by atoms with Crippen molar-refractivity contribution in [3.8, 4) is 0 Å². The van der Waals surface area contributed by atoms with Crippen LogP contribution in [0.3, 0.4) is 0 Å². The van der Waals surface area contributed by atoms with E-state index < -0.39 is 5.97 Å². The van der Waals surface area contributed by atoms with Gasteiger partial charge in [0.1, 0.15) is 6.42 Å². The van der Waals surface area contributed by atoms with Crippen LogP contribution < -0.4 is 0 Å². The Morgan fingerprint density at radius 3 is 2.86 bits per heavy atom. The summed E-state index contributed by atoms with van der Waals surface area (Å²) < 4.78 is 1.67. The van der Waals surface area contributed by atoms with Crippen molar-refractivity contribution in [1.29, 1.82) is 0 Å². The van der Waals surface area contributed by atoms with Crippen LogP contribution in [0.15, 0.2) is 0 Å². The van der Waals surface area contributed by atoms with Crippen LogP contribution in [0, 0.1) is 0 Å². The van der Waals surface area contributed by atoms with E-state index in [-0.39, 0.29) is 6.42 Å². The smallest absolute Gasteiger partial charge is 0.311 e. The number of carbonyl (C=O) groups is 1. The molecule has 76 valence electrons. The molecule has 0 saturated heterocycles. The maximum absolute atomic E-state index is 10.5. The van der Waals surface area contributed by atoms with Gasteiger partial charge in [-0.15, -0.1) is 5.10 Å². The number of aromatic nitrogens is 4. The van der Waals surface area contributed by atoms with Gasteiger partial charge in [0.25, 0.3) is 0 Å². The Labute approximate surface area is 80.9 Å². The molecule has 0 aromatic carbocycles. The summed E-state index contributed by atoms with van der Waals surface area (Å²) in [6, 6.07) is 0.305. The fourth-order valence-electron chi connectivity index (χ4n) is 1.90. The first-order valence-electron chi connectivity index (χ1n) is 4.76. The molecule has 0 bridgehead atoms. The fourth-order valence-corrected chi connectivity index (χ4v) is 1.90. The van der Waals surface area contributed by atoms with Crippen LogP contribution in [0.2, 0.25) is 0 Å². The number of carboxylic acids is 1. The van der Waals surface area contributed by atoms with Gasteiger partial charge in [-0.25, -0.2) is 4.68 Å². The summed E-state index contributed by atoms with van der Waals surface area (Å²) in [6.45, 7) is 0. The van der Waals surface area contributed by atoms with Crippen LogP contribution in [-0.4, -0.2) is 31.3 Å². The number of carboxylic acid groups (broad SMARTS) is 1. The molecule has 1 aromatic rings. The second-order valence-electron chi connectivity index (χ2n) is 3.55. The zero-order valence-electron chi connectivity index (χ0n) is 7.76. The molecule has 1 saturated carbocycles. The zero-order valence-corrected chi connectivity index (χ0v) is 7.76. The molecule has 0 unspecified atom stereocenters. The maximum atomic E-state index is 10.5. The largest absolute Gasteiger partial charge is 0.481 e. The summed E-state index contributed by atoms with van der Waals surface area (Å²) in [5.74, 6) is -0.427. The molecule has 1 fully saturated rings. The highest BCUT2D eigenvalue weighted by atomic mass is 16.4. The fraction of sp³-hybridized carbons (Fsp3) is 0.750. The van der Waals surface area contributed by atoms with E-state index in [0.29, 0.717) is 11.9 Å². The third-order valence-corrected chi connectivity index (χ3v) is 2.54. The summed E-state index contributed by atoms with van der Waals surface area (Å²) in [7, 11) is 0. The topological polar surface area (TPSA) is 80.9 Å². The highest BCUT2D eigenvalue weighted by Gasteiger charge is 2.22. The predicted molar refractivity (Wildman–Crippen MR) is 46.7 cm³/mol. The van der Waals surface area contributed by atoms with Crippen molar-refractivity contribution < 1.29 is 9.90 Å². The minimum absolute atomic E-state index is 0.0938. The molecule has 0 radical (unpaired) electrons. The molecule has 0 atom stereocenters. The summed E-state index contributed by atoms with van der Waals surface area (Å²) >= 11 is 0. The molecule has 1 aliphatic rings. The molecular weight excluding hydrogens is 184 g/mol. The summed E-state index contributed by atoms with van der Waals surface area (Å²) in [5, 5.41) is 19.7. The Balaban J connectivity index is 2.15. The second kappa shape index (κ2) is 3.73. The van der Waals surface area contributed by atoms with Gasteiger partial charge in [-0.2, -0.15) is 0 Å². The van der Waals surface area contributed by atoms with E-state index in [2.05, 4.69) is 15.5 Å². The van der Waals surface area contributed by atoms with E-state index in [0.717, 1.165) is 12.8 Å². The Morgan fingerprint density at radius 1 is 1.50 bits per heavy atom. The van der Waals surface area contributed by atoms with Crippen LogP contribution in [0.5, 0.6) is 0 Å². The van der Waals surface area contributed by atoms with Gasteiger partial charge in [0.05, 0.1) is 6.04 Å². The van der Waals surface area contributed by atoms with Crippen LogP contribution in [0.4, 0.5) is 0 Å². The van der Waals surface area contributed by atoms with Crippen LogP contribution in [0.1, 0.15) is 37.5 Å². The van der Waals surface area contributed by atoms with E-state index in [1.165, 1.54) is 12.8 Å². The first-order chi connectivity index (χ1) is 6.77. The van der Waals surface area contributed by atoms with Crippen molar-refractivity contribution in [3.63, 3.8) is 0 Å². The molecule has 1 aliphatic carbocycles. The van der Waals surface area contributed by atoms with Crippen LogP contribution >= 0.6 is 0 Å². The van der Waals surface area contributed by atoms with Gasteiger partial charge >= 0.3 is 5.97 Å². The first kappa shape index (κ1) is 9.11. The lowest BCUT2D eigenvalue weighted by Gasteiger charge is -2.09. The van der Waals surface area contributed by atoms with Gasteiger partial charge in [0, 0.05) is 0 Å². The molecule has 6 nitrogen and oxygen atoms in total. The Hall–Kier alpha value is -1.46. The van der Waals surface area contributed by atoms with Crippen molar-refractivity contribution in [1.82, 2.24) is 20.2 Å². The van der Waals surface area contributed by atoms with E-state index in [1.807, 2.05) is 0 Å². The highest BCUT2D eigenvalue weighted by molar-refractivity contribution is 5.68. The van der Waals surface area contributed by atoms with E-state index >= 15 is 0 Å².